The van der Waals surface area contributed by atoms with Gasteiger partial charge in [0.1, 0.15) is 11.6 Å². The molecular formula is C14H12ClFN2O2. The second-order valence-corrected chi connectivity index (χ2v) is 4.44. The molecule has 0 unspecified atom stereocenters. The van der Waals surface area contributed by atoms with Crippen LogP contribution in [0.3, 0.4) is 0 Å². The Labute approximate surface area is 120 Å². The Morgan fingerprint density at radius 1 is 1.30 bits per heavy atom. The quantitative estimate of drug-likeness (QED) is 0.854. The van der Waals surface area contributed by atoms with Crippen molar-refractivity contribution in [2.45, 2.75) is 0 Å². The van der Waals surface area contributed by atoms with E-state index < -0.39 is 11.7 Å². The molecule has 0 radical (unpaired) electrons. The van der Waals surface area contributed by atoms with Crippen molar-refractivity contribution in [2.75, 3.05) is 18.2 Å². The molecule has 6 heteroatoms. The van der Waals surface area contributed by atoms with Gasteiger partial charge in [-0.2, -0.15) is 0 Å². The van der Waals surface area contributed by atoms with E-state index in [9.17, 15) is 9.18 Å². The number of benzene rings is 2. The van der Waals surface area contributed by atoms with Crippen molar-refractivity contribution in [1.29, 1.82) is 0 Å². The molecule has 0 aliphatic heterocycles. The van der Waals surface area contributed by atoms with Crippen LogP contribution in [0.25, 0.3) is 0 Å². The van der Waals surface area contributed by atoms with Crippen molar-refractivity contribution in [2.24, 2.45) is 0 Å². The molecule has 3 N–H and O–H groups in total. The maximum atomic E-state index is 13.1. The summed E-state index contributed by atoms with van der Waals surface area (Å²) in [5.74, 6) is -0.423. The van der Waals surface area contributed by atoms with Crippen molar-refractivity contribution >= 4 is 28.9 Å². The third-order valence-corrected chi connectivity index (χ3v) is 3.01. The van der Waals surface area contributed by atoms with Gasteiger partial charge in [-0.25, -0.2) is 4.39 Å². The Bertz CT molecular complexity index is 662. The summed E-state index contributed by atoms with van der Waals surface area (Å²) in [7, 11) is 1.50. The van der Waals surface area contributed by atoms with Crippen LogP contribution >= 0.6 is 11.6 Å². The first-order valence-corrected chi connectivity index (χ1v) is 6.09. The highest BCUT2D eigenvalue weighted by molar-refractivity contribution is 6.34. The minimum atomic E-state index is -0.493. The number of ether oxygens (including phenoxy) is 1. The highest BCUT2D eigenvalue weighted by atomic mass is 35.5. The van der Waals surface area contributed by atoms with E-state index in [0.29, 0.717) is 5.75 Å². The Hall–Kier alpha value is -2.27. The SMILES string of the molecule is COc1ccc(C(=O)Nc2cc(F)ccc2Cl)c(N)c1. The number of carbonyl (C=O) groups is 1. The molecule has 0 aromatic heterocycles. The first-order chi connectivity index (χ1) is 9.51. The number of carbonyl (C=O) groups excluding carboxylic acids is 1. The molecule has 20 heavy (non-hydrogen) atoms. The molecule has 0 aliphatic rings. The van der Waals surface area contributed by atoms with Gasteiger partial charge in [0.25, 0.3) is 5.91 Å². The molecule has 0 saturated heterocycles. The summed E-state index contributed by atoms with van der Waals surface area (Å²) in [5, 5.41) is 2.76. The summed E-state index contributed by atoms with van der Waals surface area (Å²) in [4.78, 5) is 12.1. The van der Waals surface area contributed by atoms with E-state index in [4.69, 9.17) is 22.1 Å². The molecule has 1 amide bonds. The number of hydrogen-bond acceptors (Lipinski definition) is 3. The topological polar surface area (TPSA) is 64.3 Å². The zero-order valence-electron chi connectivity index (χ0n) is 10.6. The predicted octanol–water partition coefficient (Wildman–Crippen LogP) is 3.32. The van der Waals surface area contributed by atoms with Crippen LogP contribution in [0.4, 0.5) is 15.8 Å². The third-order valence-electron chi connectivity index (χ3n) is 2.68. The van der Waals surface area contributed by atoms with Gasteiger partial charge < -0.3 is 15.8 Å². The van der Waals surface area contributed by atoms with Crippen molar-refractivity contribution in [3.8, 4) is 5.75 Å². The van der Waals surface area contributed by atoms with E-state index in [1.54, 1.807) is 6.07 Å². The van der Waals surface area contributed by atoms with Crippen LogP contribution in [0.1, 0.15) is 10.4 Å². The Morgan fingerprint density at radius 3 is 2.70 bits per heavy atom. The Morgan fingerprint density at radius 2 is 2.05 bits per heavy atom. The van der Waals surface area contributed by atoms with Crippen LogP contribution in [0.15, 0.2) is 36.4 Å². The van der Waals surface area contributed by atoms with Gasteiger partial charge in [-0.05, 0) is 30.3 Å². The van der Waals surface area contributed by atoms with E-state index in [1.807, 2.05) is 0 Å². The Balaban J connectivity index is 2.26. The average Bonchev–Trinajstić information content (AvgIpc) is 2.42. The van der Waals surface area contributed by atoms with E-state index in [2.05, 4.69) is 5.32 Å². The molecule has 4 nitrogen and oxygen atoms in total. The fourth-order valence-electron chi connectivity index (χ4n) is 1.66. The van der Waals surface area contributed by atoms with Crippen LogP contribution in [0.5, 0.6) is 5.75 Å². The normalized spacial score (nSPS) is 10.2. The predicted molar refractivity (Wildman–Crippen MR) is 76.8 cm³/mol. The molecule has 0 atom stereocenters. The van der Waals surface area contributed by atoms with Gasteiger partial charge in [0.2, 0.25) is 0 Å². The monoisotopic (exact) mass is 294 g/mol. The number of halogens is 2. The summed E-state index contributed by atoms with van der Waals surface area (Å²) in [5.41, 5.74) is 6.47. The minimum Gasteiger partial charge on any atom is -0.497 e. The third kappa shape index (κ3) is 3.00. The van der Waals surface area contributed by atoms with Gasteiger partial charge in [0, 0.05) is 11.8 Å². The van der Waals surface area contributed by atoms with E-state index in [1.165, 1.54) is 31.4 Å². The second-order valence-electron chi connectivity index (χ2n) is 4.03. The smallest absolute Gasteiger partial charge is 0.257 e. The minimum absolute atomic E-state index is 0.187. The molecule has 0 spiro atoms. The molecule has 0 heterocycles. The largest absolute Gasteiger partial charge is 0.497 e. The van der Waals surface area contributed by atoms with Gasteiger partial charge in [0.15, 0.2) is 0 Å². The van der Waals surface area contributed by atoms with Crippen molar-refractivity contribution in [3.05, 3.63) is 52.8 Å². The van der Waals surface area contributed by atoms with Crippen LogP contribution in [-0.4, -0.2) is 13.0 Å². The van der Waals surface area contributed by atoms with Gasteiger partial charge in [-0.3, -0.25) is 4.79 Å². The lowest BCUT2D eigenvalue weighted by Crippen LogP contribution is -2.14. The maximum Gasteiger partial charge on any atom is 0.257 e. The summed E-state index contributed by atoms with van der Waals surface area (Å²) >= 11 is 5.88. The zero-order chi connectivity index (χ0) is 14.7. The number of hydrogen-bond donors (Lipinski definition) is 2. The van der Waals surface area contributed by atoms with Crippen molar-refractivity contribution < 1.29 is 13.9 Å². The van der Waals surface area contributed by atoms with Crippen LogP contribution in [0, 0.1) is 5.82 Å². The maximum absolute atomic E-state index is 13.1. The highest BCUT2D eigenvalue weighted by Gasteiger charge is 2.13. The Kier molecular flexibility index (Phi) is 4.10. The van der Waals surface area contributed by atoms with Crippen LogP contribution < -0.4 is 15.8 Å². The standard InChI is InChI=1S/C14H12ClFN2O2/c1-20-9-3-4-10(12(17)7-9)14(19)18-13-6-8(16)2-5-11(13)15/h2-7H,17H2,1H3,(H,18,19). The number of nitrogens with one attached hydrogen (secondary N) is 1. The van der Waals surface area contributed by atoms with Crippen LogP contribution in [-0.2, 0) is 0 Å². The first kappa shape index (κ1) is 14.1. The molecular weight excluding hydrogens is 283 g/mol. The molecule has 0 fully saturated rings. The highest BCUT2D eigenvalue weighted by Crippen LogP contribution is 2.25. The number of nitrogen functional groups attached to an aromatic ring is 1. The number of nitrogens with two attached hydrogens (primary N) is 1. The lowest BCUT2D eigenvalue weighted by atomic mass is 10.1. The molecule has 0 aliphatic carbocycles. The fraction of sp³-hybridized carbons (Fsp3) is 0.0714. The molecule has 0 bridgehead atoms. The van der Waals surface area contributed by atoms with Gasteiger partial charge >= 0.3 is 0 Å². The van der Waals surface area contributed by atoms with E-state index >= 15 is 0 Å². The summed E-state index contributed by atoms with van der Waals surface area (Å²) in [6.07, 6.45) is 0. The number of methoxy groups -OCH3 is 1. The van der Waals surface area contributed by atoms with Gasteiger partial charge in [-0.15, -0.1) is 0 Å². The van der Waals surface area contributed by atoms with Crippen LogP contribution in [0.2, 0.25) is 5.02 Å². The molecule has 0 saturated carbocycles. The number of anilines is 2. The first-order valence-electron chi connectivity index (χ1n) is 5.71. The summed E-state index contributed by atoms with van der Waals surface area (Å²) < 4.78 is 18.1. The average molecular weight is 295 g/mol. The number of rotatable bonds is 3. The lowest BCUT2D eigenvalue weighted by molar-refractivity contribution is 0.102. The molecule has 2 rings (SSSR count). The molecule has 2 aromatic carbocycles. The second kappa shape index (κ2) is 5.79. The lowest BCUT2D eigenvalue weighted by Gasteiger charge is -2.10. The summed E-state index contributed by atoms with van der Waals surface area (Å²) in [6.45, 7) is 0. The van der Waals surface area contributed by atoms with E-state index in [0.717, 1.165) is 6.07 Å². The summed E-state index contributed by atoms with van der Waals surface area (Å²) in [6, 6.07) is 8.38. The van der Waals surface area contributed by atoms with E-state index in [-0.39, 0.29) is 22.0 Å². The van der Waals surface area contributed by atoms with Crippen molar-refractivity contribution in [1.82, 2.24) is 0 Å². The van der Waals surface area contributed by atoms with Crippen molar-refractivity contribution in [3.63, 3.8) is 0 Å². The van der Waals surface area contributed by atoms with Gasteiger partial charge in [0.05, 0.1) is 23.4 Å². The number of amides is 1. The molecule has 104 valence electrons. The fourth-order valence-corrected chi connectivity index (χ4v) is 1.82. The zero-order valence-corrected chi connectivity index (χ0v) is 11.4. The molecule has 2 aromatic rings. The van der Waals surface area contributed by atoms with Gasteiger partial charge in [-0.1, -0.05) is 11.6 Å².